The van der Waals surface area contributed by atoms with Gasteiger partial charge in [0, 0.05) is 0 Å². The summed E-state index contributed by atoms with van der Waals surface area (Å²) >= 11 is 0. The van der Waals surface area contributed by atoms with Crippen molar-refractivity contribution in [3.63, 3.8) is 0 Å². The minimum absolute atomic E-state index is 0.0905. The van der Waals surface area contributed by atoms with Crippen molar-refractivity contribution in [2.24, 2.45) is 0 Å². The third-order valence-electron chi connectivity index (χ3n) is 6.24. The molecule has 0 atom stereocenters. The maximum Gasteiger partial charge on any atom is 0.416 e. The van der Waals surface area contributed by atoms with E-state index >= 15 is 0 Å². The van der Waals surface area contributed by atoms with Gasteiger partial charge < -0.3 is 4.74 Å². The lowest BCUT2D eigenvalue weighted by Gasteiger charge is -2.10. The summed E-state index contributed by atoms with van der Waals surface area (Å²) in [6, 6.07) is 1.77. The minimum Gasteiger partial charge on any atom is -0.462 e. The van der Waals surface area contributed by atoms with Gasteiger partial charge in [-0.25, -0.2) is 9.18 Å². The van der Waals surface area contributed by atoms with Crippen molar-refractivity contribution in [2.45, 2.75) is 129 Å². The molecule has 6 heteroatoms. The number of benzene rings is 1. The Kier molecular flexibility index (Phi) is 16.7. The second-order valence-corrected chi connectivity index (χ2v) is 9.34. The Balaban J connectivity index is 1.93. The number of halogens is 4. The van der Waals surface area contributed by atoms with Gasteiger partial charge in [-0.3, -0.25) is 0 Å². The fraction of sp³-hybridized carbons (Fsp3) is 0.750. The monoisotopic (exact) mass is 488 g/mol. The summed E-state index contributed by atoms with van der Waals surface area (Å²) < 4.78 is 56.8. The summed E-state index contributed by atoms with van der Waals surface area (Å²) in [5, 5.41) is 0. The molecule has 0 aliphatic heterocycles. The molecule has 0 spiro atoms. The zero-order valence-electron chi connectivity index (χ0n) is 21.0. The van der Waals surface area contributed by atoms with E-state index in [0.29, 0.717) is 24.6 Å². The van der Waals surface area contributed by atoms with Crippen molar-refractivity contribution in [2.75, 3.05) is 6.61 Å². The van der Waals surface area contributed by atoms with E-state index in [1.807, 2.05) is 0 Å². The Morgan fingerprint density at radius 1 is 0.706 bits per heavy atom. The van der Waals surface area contributed by atoms with E-state index in [0.717, 1.165) is 19.3 Å². The van der Waals surface area contributed by atoms with Gasteiger partial charge in [0.2, 0.25) is 0 Å². The highest BCUT2D eigenvalue weighted by atomic mass is 19.4. The van der Waals surface area contributed by atoms with Crippen molar-refractivity contribution in [1.29, 1.82) is 0 Å². The maximum absolute atomic E-state index is 13.7. The van der Waals surface area contributed by atoms with E-state index in [1.165, 1.54) is 89.9 Å². The summed E-state index contributed by atoms with van der Waals surface area (Å²) in [7, 11) is 0. The molecule has 0 N–H and O–H groups in total. The average Bonchev–Trinajstić information content (AvgIpc) is 2.80. The number of alkyl halides is 3. The van der Waals surface area contributed by atoms with E-state index < -0.39 is 29.1 Å². The van der Waals surface area contributed by atoms with E-state index in [9.17, 15) is 22.4 Å². The molecule has 34 heavy (non-hydrogen) atoms. The fourth-order valence-corrected chi connectivity index (χ4v) is 4.10. The number of rotatable bonds is 20. The average molecular weight is 489 g/mol. The first-order valence-electron chi connectivity index (χ1n) is 13.4. The Morgan fingerprint density at radius 3 is 1.53 bits per heavy atom. The number of hydrogen-bond donors (Lipinski definition) is 0. The highest BCUT2D eigenvalue weighted by molar-refractivity contribution is 5.90. The molecule has 0 saturated carbocycles. The largest absolute Gasteiger partial charge is 0.462 e. The number of esters is 1. The van der Waals surface area contributed by atoms with Gasteiger partial charge in [0.25, 0.3) is 0 Å². The van der Waals surface area contributed by atoms with Crippen LogP contribution in [-0.2, 0) is 10.9 Å². The summed E-state index contributed by atoms with van der Waals surface area (Å²) in [4.78, 5) is 11.9. The van der Waals surface area contributed by atoms with Gasteiger partial charge in [0.15, 0.2) is 0 Å². The van der Waals surface area contributed by atoms with E-state index in [4.69, 9.17) is 4.74 Å². The van der Waals surface area contributed by atoms with Gasteiger partial charge in [-0.2, -0.15) is 13.2 Å². The van der Waals surface area contributed by atoms with Gasteiger partial charge in [-0.05, 0) is 24.6 Å². The molecule has 0 aliphatic rings. The SMILES string of the molecule is CCCCCCCCCCCCCCCCCCCCOC(=O)c1cc(C(F)(F)F)ccc1F. The lowest BCUT2D eigenvalue weighted by atomic mass is 10.0. The first-order valence-corrected chi connectivity index (χ1v) is 13.4. The molecule has 0 amide bonds. The van der Waals surface area contributed by atoms with Gasteiger partial charge >= 0.3 is 12.1 Å². The Hall–Kier alpha value is -1.59. The smallest absolute Gasteiger partial charge is 0.416 e. The minimum atomic E-state index is -4.63. The van der Waals surface area contributed by atoms with E-state index in [1.54, 1.807) is 0 Å². The fourth-order valence-electron chi connectivity index (χ4n) is 4.10. The molecule has 0 aliphatic carbocycles. The topological polar surface area (TPSA) is 26.3 Å². The van der Waals surface area contributed by atoms with Crippen LogP contribution in [0.5, 0.6) is 0 Å². The molecule has 0 aromatic heterocycles. The zero-order valence-corrected chi connectivity index (χ0v) is 21.0. The summed E-state index contributed by atoms with van der Waals surface area (Å²) in [6.45, 7) is 2.35. The summed E-state index contributed by atoms with van der Waals surface area (Å²) in [5.74, 6) is -2.05. The lowest BCUT2D eigenvalue weighted by molar-refractivity contribution is -0.137. The summed E-state index contributed by atoms with van der Waals surface area (Å²) in [6.07, 6.45) is 17.9. The molecule has 1 aromatic rings. The van der Waals surface area contributed by atoms with Crippen LogP contribution in [0.2, 0.25) is 0 Å². The van der Waals surface area contributed by atoms with Crippen molar-refractivity contribution in [3.8, 4) is 0 Å². The second-order valence-electron chi connectivity index (χ2n) is 9.34. The summed E-state index contributed by atoms with van der Waals surface area (Å²) in [5.41, 5.74) is -1.73. The van der Waals surface area contributed by atoms with Crippen LogP contribution in [-0.4, -0.2) is 12.6 Å². The predicted molar refractivity (Wildman–Crippen MR) is 130 cm³/mol. The quantitative estimate of drug-likeness (QED) is 0.104. The number of hydrogen-bond acceptors (Lipinski definition) is 2. The molecule has 0 unspecified atom stereocenters. The first-order chi connectivity index (χ1) is 16.4. The van der Waals surface area contributed by atoms with Crippen LogP contribution >= 0.6 is 0 Å². The van der Waals surface area contributed by atoms with Gasteiger partial charge in [0.1, 0.15) is 5.82 Å². The van der Waals surface area contributed by atoms with Crippen LogP contribution in [0.1, 0.15) is 138 Å². The van der Waals surface area contributed by atoms with Gasteiger partial charge in [-0.15, -0.1) is 0 Å². The molecule has 1 rings (SSSR count). The first kappa shape index (κ1) is 30.4. The standard InChI is InChI=1S/C28H44F4O2/c1-2-3-4-5-6-7-8-9-10-11-12-13-14-15-16-17-18-19-22-34-27(33)25-23-24(28(30,31)32)20-21-26(25)29/h20-21,23H,2-19,22H2,1H3. The molecule has 196 valence electrons. The molecular weight excluding hydrogens is 444 g/mol. The highest BCUT2D eigenvalue weighted by Gasteiger charge is 2.32. The molecule has 0 heterocycles. The molecular formula is C28H44F4O2. The number of ether oxygens (including phenoxy) is 1. The van der Waals surface area contributed by atoms with Crippen LogP contribution in [0, 0.1) is 5.82 Å². The molecule has 2 nitrogen and oxygen atoms in total. The number of carbonyl (C=O) groups is 1. The highest BCUT2D eigenvalue weighted by Crippen LogP contribution is 2.30. The Bertz CT molecular complexity index is 658. The number of unbranched alkanes of at least 4 members (excludes halogenated alkanes) is 17. The molecule has 0 fully saturated rings. The molecule has 0 radical (unpaired) electrons. The second kappa shape index (κ2) is 18.7. The predicted octanol–water partition coefficient (Wildman–Crippen LogP) is 10.0. The van der Waals surface area contributed by atoms with Crippen molar-refractivity contribution < 1.29 is 27.1 Å². The van der Waals surface area contributed by atoms with Crippen molar-refractivity contribution in [3.05, 3.63) is 35.1 Å². The normalized spacial score (nSPS) is 11.7. The van der Waals surface area contributed by atoms with E-state index in [-0.39, 0.29) is 6.61 Å². The Morgan fingerprint density at radius 2 is 1.12 bits per heavy atom. The van der Waals surface area contributed by atoms with E-state index in [2.05, 4.69) is 6.92 Å². The van der Waals surface area contributed by atoms with Crippen molar-refractivity contribution in [1.82, 2.24) is 0 Å². The molecule has 0 bridgehead atoms. The zero-order chi connectivity index (χ0) is 25.1. The molecule has 0 saturated heterocycles. The van der Waals surface area contributed by atoms with Gasteiger partial charge in [-0.1, -0.05) is 116 Å². The Labute approximate surface area is 203 Å². The van der Waals surface area contributed by atoms with Crippen molar-refractivity contribution >= 4 is 5.97 Å². The molecule has 1 aromatic carbocycles. The third kappa shape index (κ3) is 14.6. The van der Waals surface area contributed by atoms with Crippen LogP contribution < -0.4 is 0 Å². The third-order valence-corrected chi connectivity index (χ3v) is 6.24. The lowest BCUT2D eigenvalue weighted by Crippen LogP contribution is -2.12. The van der Waals surface area contributed by atoms with Gasteiger partial charge in [0.05, 0.1) is 17.7 Å². The van der Waals surface area contributed by atoms with Crippen LogP contribution in [0.4, 0.5) is 17.6 Å². The van der Waals surface area contributed by atoms with Crippen LogP contribution in [0.15, 0.2) is 18.2 Å². The number of carbonyl (C=O) groups excluding carboxylic acids is 1. The maximum atomic E-state index is 13.7. The van der Waals surface area contributed by atoms with Crippen LogP contribution in [0.25, 0.3) is 0 Å². The van der Waals surface area contributed by atoms with Crippen LogP contribution in [0.3, 0.4) is 0 Å².